The third kappa shape index (κ3) is 13.7. The zero-order chi connectivity index (χ0) is 11.8. The number of rotatable bonds is 4. The highest BCUT2D eigenvalue weighted by Crippen LogP contribution is 1.76. The highest BCUT2D eigenvalue weighted by atomic mass is 32.2. The molecule has 0 saturated heterocycles. The van der Waals surface area contributed by atoms with Crippen molar-refractivity contribution in [2.75, 3.05) is 28.3 Å². The number of hydrogen-bond donors (Lipinski definition) is 2. The maximum Gasteiger partial charge on any atom is 0.335 e. The van der Waals surface area contributed by atoms with Gasteiger partial charge in [0.15, 0.2) is 0 Å². The van der Waals surface area contributed by atoms with Crippen LogP contribution in [0.1, 0.15) is 7.43 Å². The Hall–Kier alpha value is -0.260. The molecule has 0 radical (unpaired) electrons. The molecule has 96 valence electrons. The van der Waals surface area contributed by atoms with Gasteiger partial charge < -0.3 is 0 Å². The highest BCUT2D eigenvalue weighted by Gasteiger charge is 1.99. The van der Waals surface area contributed by atoms with E-state index in [1.165, 1.54) is 14.1 Å². The van der Waals surface area contributed by atoms with Gasteiger partial charge in [0, 0.05) is 14.1 Å². The van der Waals surface area contributed by atoms with Crippen LogP contribution in [0.25, 0.3) is 0 Å². The molecule has 8 nitrogen and oxygen atoms in total. The lowest BCUT2D eigenvalue weighted by Crippen LogP contribution is -2.19. The molecular formula is C5H18N2O6S2. The van der Waals surface area contributed by atoms with E-state index in [4.69, 9.17) is 0 Å². The van der Waals surface area contributed by atoms with Crippen LogP contribution in [0.4, 0.5) is 0 Å². The molecule has 0 aliphatic rings. The van der Waals surface area contributed by atoms with Crippen molar-refractivity contribution in [3.63, 3.8) is 0 Å². The normalized spacial score (nSPS) is 10.9. The minimum atomic E-state index is -3.41. The summed E-state index contributed by atoms with van der Waals surface area (Å²) in [6.07, 6.45) is 0. The highest BCUT2D eigenvalue weighted by molar-refractivity contribution is 7.84. The van der Waals surface area contributed by atoms with Crippen molar-refractivity contribution in [2.24, 2.45) is 0 Å². The minimum absolute atomic E-state index is 0. The summed E-state index contributed by atoms with van der Waals surface area (Å²) >= 11 is 0. The standard InChI is InChI=1S/2C2H7NO3S.CH4/c2*1-3-7(4,5)6-2;/h2*3H,1-2H3;1H4. The van der Waals surface area contributed by atoms with E-state index >= 15 is 0 Å². The van der Waals surface area contributed by atoms with Crippen LogP contribution in [0.3, 0.4) is 0 Å². The summed E-state index contributed by atoms with van der Waals surface area (Å²) in [5.74, 6) is 0. The Kier molecular flexibility index (Phi) is 12.1. The second kappa shape index (κ2) is 9.00. The lowest BCUT2D eigenvalue weighted by Gasteiger charge is -1.92. The van der Waals surface area contributed by atoms with Gasteiger partial charge in [-0.1, -0.05) is 7.43 Å². The average molecular weight is 266 g/mol. The van der Waals surface area contributed by atoms with E-state index < -0.39 is 20.6 Å². The minimum Gasteiger partial charge on any atom is -0.261 e. The van der Waals surface area contributed by atoms with Gasteiger partial charge in [0.1, 0.15) is 0 Å². The maximum absolute atomic E-state index is 10.0. The van der Waals surface area contributed by atoms with Gasteiger partial charge in [-0.2, -0.15) is 26.3 Å². The smallest absolute Gasteiger partial charge is 0.261 e. The molecule has 2 N–H and O–H groups in total. The molecule has 0 heterocycles. The molecule has 10 heteroatoms. The Bertz CT molecular complexity index is 267. The van der Waals surface area contributed by atoms with Crippen molar-refractivity contribution >= 4 is 20.6 Å². The summed E-state index contributed by atoms with van der Waals surface area (Å²) in [6.45, 7) is 0. The van der Waals surface area contributed by atoms with Crippen molar-refractivity contribution in [2.45, 2.75) is 7.43 Å². The predicted octanol–water partition coefficient (Wildman–Crippen LogP) is -1.17. The first-order chi connectivity index (χ1) is 6.24. The Balaban J connectivity index is -0.000000180. The molecule has 0 unspecified atom stereocenters. The zero-order valence-corrected chi connectivity index (χ0v) is 9.90. The second-order valence-corrected chi connectivity index (χ2v) is 4.95. The maximum atomic E-state index is 10.0. The van der Waals surface area contributed by atoms with Gasteiger partial charge in [0.05, 0.1) is 14.2 Å². The monoisotopic (exact) mass is 266 g/mol. The third-order valence-electron chi connectivity index (χ3n) is 0.939. The van der Waals surface area contributed by atoms with Crippen LogP contribution >= 0.6 is 0 Å². The fourth-order valence-corrected chi connectivity index (χ4v) is 0.500. The SMILES string of the molecule is C.CNS(=O)(=O)OC.CNS(=O)(=O)OC. The summed E-state index contributed by atoms with van der Waals surface area (Å²) in [5, 5.41) is 0. The molecular weight excluding hydrogens is 248 g/mol. The quantitative estimate of drug-likeness (QED) is 0.663. The second-order valence-electron chi connectivity index (χ2n) is 1.65. The van der Waals surface area contributed by atoms with Gasteiger partial charge in [0.25, 0.3) is 0 Å². The fraction of sp³-hybridized carbons (Fsp3) is 1.00. The average Bonchev–Trinajstić information content (AvgIpc) is 2.19. The van der Waals surface area contributed by atoms with Crippen LogP contribution in [0.2, 0.25) is 0 Å². The molecule has 0 atom stereocenters. The van der Waals surface area contributed by atoms with Crippen LogP contribution in [-0.2, 0) is 29.0 Å². The van der Waals surface area contributed by atoms with Crippen LogP contribution < -0.4 is 9.44 Å². The summed E-state index contributed by atoms with van der Waals surface area (Å²) in [5.41, 5.74) is 0. The first-order valence-corrected chi connectivity index (χ1v) is 6.04. The Morgan fingerprint density at radius 3 is 1.00 bits per heavy atom. The van der Waals surface area contributed by atoms with Crippen LogP contribution in [-0.4, -0.2) is 45.2 Å². The number of hydrogen-bond acceptors (Lipinski definition) is 6. The van der Waals surface area contributed by atoms with E-state index in [2.05, 4.69) is 8.37 Å². The predicted molar refractivity (Wildman–Crippen MR) is 56.7 cm³/mol. The molecule has 0 amide bonds. The zero-order valence-electron chi connectivity index (χ0n) is 8.27. The van der Waals surface area contributed by atoms with Gasteiger partial charge in [-0.15, -0.1) is 0 Å². The molecule has 0 rings (SSSR count). The van der Waals surface area contributed by atoms with E-state index in [1.807, 2.05) is 9.44 Å². The van der Waals surface area contributed by atoms with Gasteiger partial charge in [-0.05, 0) is 0 Å². The van der Waals surface area contributed by atoms with E-state index in [0.29, 0.717) is 0 Å². The molecule has 0 bridgehead atoms. The molecule has 0 spiro atoms. The largest absolute Gasteiger partial charge is 0.335 e. The van der Waals surface area contributed by atoms with Crippen molar-refractivity contribution in [3.05, 3.63) is 0 Å². The Labute approximate surface area is 91.5 Å². The molecule has 0 fully saturated rings. The molecule has 0 aromatic heterocycles. The van der Waals surface area contributed by atoms with Crippen molar-refractivity contribution < 1.29 is 25.2 Å². The van der Waals surface area contributed by atoms with Crippen molar-refractivity contribution in [3.8, 4) is 0 Å². The Morgan fingerprint density at radius 2 is 1.00 bits per heavy atom. The first kappa shape index (κ1) is 20.2. The van der Waals surface area contributed by atoms with Gasteiger partial charge in [0.2, 0.25) is 0 Å². The number of nitrogens with one attached hydrogen (secondary N) is 2. The molecule has 0 aromatic carbocycles. The van der Waals surface area contributed by atoms with E-state index in [0.717, 1.165) is 14.2 Å². The summed E-state index contributed by atoms with van der Waals surface area (Å²) < 4.78 is 51.9. The summed E-state index contributed by atoms with van der Waals surface area (Å²) in [6, 6.07) is 0. The third-order valence-corrected chi connectivity index (χ3v) is 2.82. The summed E-state index contributed by atoms with van der Waals surface area (Å²) in [7, 11) is -2.08. The summed E-state index contributed by atoms with van der Waals surface area (Å²) in [4.78, 5) is 0. The van der Waals surface area contributed by atoms with Crippen molar-refractivity contribution in [1.29, 1.82) is 0 Å². The molecule has 0 saturated carbocycles. The van der Waals surface area contributed by atoms with Crippen LogP contribution in [0.15, 0.2) is 0 Å². The van der Waals surface area contributed by atoms with Gasteiger partial charge in [-0.3, -0.25) is 8.37 Å². The lowest BCUT2D eigenvalue weighted by atomic mass is 11.6. The molecule has 0 aliphatic heterocycles. The van der Waals surface area contributed by atoms with Gasteiger partial charge >= 0.3 is 20.6 Å². The van der Waals surface area contributed by atoms with Gasteiger partial charge in [-0.25, -0.2) is 0 Å². The fourth-order valence-electron chi connectivity index (χ4n) is 0.167. The lowest BCUT2D eigenvalue weighted by molar-refractivity contribution is 0.389. The topological polar surface area (TPSA) is 111 Å². The van der Waals surface area contributed by atoms with Crippen molar-refractivity contribution in [1.82, 2.24) is 9.44 Å². The van der Waals surface area contributed by atoms with Crippen LogP contribution in [0, 0.1) is 0 Å². The molecule has 0 aromatic rings. The van der Waals surface area contributed by atoms with Crippen LogP contribution in [0.5, 0.6) is 0 Å². The Morgan fingerprint density at radius 1 is 0.800 bits per heavy atom. The first-order valence-electron chi connectivity index (χ1n) is 3.22. The van der Waals surface area contributed by atoms with E-state index in [-0.39, 0.29) is 7.43 Å². The van der Waals surface area contributed by atoms with E-state index in [1.54, 1.807) is 0 Å². The molecule has 0 aliphatic carbocycles. The van der Waals surface area contributed by atoms with E-state index in [9.17, 15) is 16.8 Å². The molecule has 15 heavy (non-hydrogen) atoms.